The highest BCUT2D eigenvalue weighted by molar-refractivity contribution is 5.50. The molecule has 0 unspecified atom stereocenters. The lowest BCUT2D eigenvalue weighted by atomic mass is 9.72. The summed E-state index contributed by atoms with van der Waals surface area (Å²) in [6.07, 6.45) is 16.2. The van der Waals surface area contributed by atoms with E-state index in [1.807, 2.05) is 25.2 Å². The van der Waals surface area contributed by atoms with Crippen LogP contribution < -0.4 is 5.56 Å². The summed E-state index contributed by atoms with van der Waals surface area (Å²) in [6.45, 7) is 11.0. The Hall–Kier alpha value is -2.29. The molecule has 1 heterocycles. The molecule has 2 rings (SSSR count). The van der Waals surface area contributed by atoms with E-state index in [4.69, 9.17) is 4.52 Å². The molecule has 0 saturated heterocycles. The molecule has 0 aliphatic heterocycles. The minimum absolute atomic E-state index is 0.223. The Balaban J connectivity index is 2.04. The first-order valence-corrected chi connectivity index (χ1v) is 8.88. The second kappa shape index (κ2) is 8.19. The molecule has 1 aliphatic rings. The lowest BCUT2D eigenvalue weighted by molar-refractivity contribution is 0.377. The van der Waals surface area contributed by atoms with Crippen LogP contribution in [0, 0.1) is 5.41 Å². The summed E-state index contributed by atoms with van der Waals surface area (Å²) >= 11 is 0. The third kappa shape index (κ3) is 5.63. The van der Waals surface area contributed by atoms with Crippen molar-refractivity contribution in [2.45, 2.75) is 53.9 Å². The van der Waals surface area contributed by atoms with Crippen molar-refractivity contribution in [3.8, 4) is 0 Å². The fourth-order valence-corrected chi connectivity index (χ4v) is 3.27. The Kier molecular flexibility index (Phi) is 6.24. The first-order valence-electron chi connectivity index (χ1n) is 8.88. The van der Waals surface area contributed by atoms with Gasteiger partial charge in [0.25, 0.3) is 5.56 Å². The summed E-state index contributed by atoms with van der Waals surface area (Å²) in [6, 6.07) is 1.43. The predicted molar refractivity (Wildman–Crippen MR) is 105 cm³/mol. The van der Waals surface area contributed by atoms with Crippen molar-refractivity contribution < 1.29 is 4.52 Å². The second-order valence-corrected chi connectivity index (χ2v) is 7.54. The van der Waals surface area contributed by atoms with Gasteiger partial charge >= 0.3 is 0 Å². The molecule has 0 atom stereocenters. The number of rotatable bonds is 5. The lowest BCUT2D eigenvalue weighted by Gasteiger charge is -2.32. The summed E-state index contributed by atoms with van der Waals surface area (Å²) in [7, 11) is 0. The Morgan fingerprint density at radius 2 is 2.00 bits per heavy atom. The highest BCUT2D eigenvalue weighted by Gasteiger charge is 2.26. The fourth-order valence-electron chi connectivity index (χ4n) is 3.27. The molecule has 1 aromatic rings. The normalized spacial score (nSPS) is 19.4. The Morgan fingerprint density at radius 1 is 1.24 bits per heavy atom. The van der Waals surface area contributed by atoms with Gasteiger partial charge in [-0.15, -0.1) is 0 Å². The van der Waals surface area contributed by atoms with Crippen LogP contribution in [0.2, 0.25) is 0 Å². The van der Waals surface area contributed by atoms with Crippen molar-refractivity contribution in [2.75, 3.05) is 0 Å². The Labute approximate surface area is 150 Å². The van der Waals surface area contributed by atoms with E-state index < -0.39 is 0 Å². The highest BCUT2D eigenvalue weighted by Crippen LogP contribution is 2.40. The molecule has 0 bridgehead atoms. The van der Waals surface area contributed by atoms with Gasteiger partial charge in [-0.1, -0.05) is 55.4 Å². The topological polar surface area (TPSA) is 46.0 Å². The number of allylic oxidation sites excluding steroid dienone is 9. The molecule has 0 aromatic carbocycles. The minimum Gasteiger partial charge on any atom is -0.379 e. The minimum atomic E-state index is -0.223. The maximum atomic E-state index is 11.0. The van der Waals surface area contributed by atoms with Gasteiger partial charge in [0.2, 0.25) is 0 Å². The molecule has 1 N–H and O–H groups in total. The molecule has 134 valence electrons. The SMILES string of the molecule is CC1=C(/C=C/C(C)=C/C=C/C(C)=C/c2cc(=O)[nH]o2)C(C)(C)CCC1. The van der Waals surface area contributed by atoms with E-state index in [1.165, 1.54) is 42.0 Å². The van der Waals surface area contributed by atoms with Gasteiger partial charge in [-0.25, -0.2) is 0 Å². The maximum absolute atomic E-state index is 11.0. The standard InChI is InChI=1S/C22H29NO2/c1-16(11-12-20-18(3)10-7-13-22(20,4)5)8-6-9-17(2)14-19-15-21(24)23-25-19/h6,8-9,11-12,14-15H,7,10,13H2,1-5H3,(H,23,24)/b9-6+,12-11+,16-8+,17-14+. The average molecular weight is 339 g/mol. The van der Waals surface area contributed by atoms with Crippen molar-refractivity contribution in [1.29, 1.82) is 0 Å². The zero-order valence-electron chi connectivity index (χ0n) is 16.0. The molecule has 0 radical (unpaired) electrons. The number of hydrogen-bond donors (Lipinski definition) is 1. The molecular weight excluding hydrogens is 310 g/mol. The van der Waals surface area contributed by atoms with Gasteiger partial charge in [0, 0.05) is 0 Å². The summed E-state index contributed by atoms with van der Waals surface area (Å²) in [4.78, 5) is 11.0. The molecule has 3 heteroatoms. The van der Waals surface area contributed by atoms with Crippen LogP contribution in [0.3, 0.4) is 0 Å². The van der Waals surface area contributed by atoms with Crippen LogP contribution in [0.4, 0.5) is 0 Å². The van der Waals surface area contributed by atoms with Crippen molar-refractivity contribution in [1.82, 2.24) is 5.16 Å². The molecule has 0 saturated carbocycles. The van der Waals surface area contributed by atoms with Crippen LogP contribution >= 0.6 is 0 Å². The van der Waals surface area contributed by atoms with Crippen LogP contribution in [-0.2, 0) is 0 Å². The highest BCUT2D eigenvalue weighted by atomic mass is 16.5. The van der Waals surface area contributed by atoms with Crippen LogP contribution in [0.15, 0.2) is 68.1 Å². The van der Waals surface area contributed by atoms with E-state index in [2.05, 4.69) is 51.1 Å². The molecule has 3 nitrogen and oxygen atoms in total. The first kappa shape index (κ1) is 19.0. The van der Waals surface area contributed by atoms with Gasteiger partial charge in [-0.3, -0.25) is 4.79 Å². The molecule has 1 aliphatic carbocycles. The van der Waals surface area contributed by atoms with Gasteiger partial charge in [-0.05, 0) is 62.7 Å². The smallest absolute Gasteiger partial charge is 0.280 e. The zero-order chi connectivity index (χ0) is 18.4. The number of nitrogens with one attached hydrogen (secondary N) is 1. The molecule has 25 heavy (non-hydrogen) atoms. The van der Waals surface area contributed by atoms with Crippen molar-refractivity contribution in [2.24, 2.45) is 5.41 Å². The third-order valence-electron chi connectivity index (χ3n) is 4.69. The molecule has 1 aromatic heterocycles. The second-order valence-electron chi connectivity index (χ2n) is 7.54. The van der Waals surface area contributed by atoms with E-state index >= 15 is 0 Å². The summed E-state index contributed by atoms with van der Waals surface area (Å²) in [5.74, 6) is 0.537. The average Bonchev–Trinajstić information content (AvgIpc) is 2.91. The van der Waals surface area contributed by atoms with Crippen molar-refractivity contribution in [3.05, 3.63) is 74.9 Å². The van der Waals surface area contributed by atoms with E-state index in [0.717, 1.165) is 5.57 Å². The van der Waals surface area contributed by atoms with Gasteiger partial charge in [-0.2, -0.15) is 5.16 Å². The Bertz CT molecular complexity index is 807. The van der Waals surface area contributed by atoms with Gasteiger partial charge in [0.05, 0.1) is 6.07 Å². The lowest BCUT2D eigenvalue weighted by Crippen LogP contribution is -2.19. The van der Waals surface area contributed by atoms with Gasteiger partial charge in [0.15, 0.2) is 5.76 Å². The number of H-pyrrole nitrogens is 1. The first-order chi connectivity index (χ1) is 11.8. The maximum Gasteiger partial charge on any atom is 0.280 e. The predicted octanol–water partition coefficient (Wildman–Crippen LogP) is 5.96. The fraction of sp³-hybridized carbons (Fsp3) is 0.409. The number of aromatic nitrogens is 1. The van der Waals surface area contributed by atoms with Crippen LogP contribution in [0.25, 0.3) is 6.08 Å². The van der Waals surface area contributed by atoms with Crippen molar-refractivity contribution in [3.63, 3.8) is 0 Å². The summed E-state index contributed by atoms with van der Waals surface area (Å²) < 4.78 is 5.02. The molecule has 0 spiro atoms. The van der Waals surface area contributed by atoms with Crippen LogP contribution in [0.1, 0.15) is 59.6 Å². The quantitative estimate of drug-likeness (QED) is 0.673. The largest absolute Gasteiger partial charge is 0.379 e. The van der Waals surface area contributed by atoms with Gasteiger partial charge in [0.1, 0.15) is 0 Å². The van der Waals surface area contributed by atoms with E-state index in [9.17, 15) is 4.79 Å². The summed E-state index contributed by atoms with van der Waals surface area (Å²) in [5, 5.41) is 2.28. The monoisotopic (exact) mass is 339 g/mol. The van der Waals surface area contributed by atoms with Crippen LogP contribution in [0.5, 0.6) is 0 Å². The van der Waals surface area contributed by atoms with E-state index in [-0.39, 0.29) is 11.0 Å². The summed E-state index contributed by atoms with van der Waals surface area (Å²) in [5.41, 5.74) is 5.27. The molecule has 0 fully saturated rings. The number of hydrogen-bond acceptors (Lipinski definition) is 2. The van der Waals surface area contributed by atoms with E-state index in [0.29, 0.717) is 5.76 Å². The molecule has 0 amide bonds. The zero-order valence-corrected chi connectivity index (χ0v) is 16.0. The van der Waals surface area contributed by atoms with E-state index in [1.54, 1.807) is 0 Å². The number of aromatic amines is 1. The van der Waals surface area contributed by atoms with Crippen LogP contribution in [-0.4, -0.2) is 5.16 Å². The Morgan fingerprint density at radius 3 is 2.64 bits per heavy atom. The third-order valence-corrected chi connectivity index (χ3v) is 4.69. The molecular formula is C22H29NO2. The van der Waals surface area contributed by atoms with Gasteiger partial charge < -0.3 is 4.52 Å². The van der Waals surface area contributed by atoms with Crippen molar-refractivity contribution >= 4 is 6.08 Å².